The zero-order chi connectivity index (χ0) is 19.6. The number of thiazole rings is 1. The van der Waals surface area contributed by atoms with Gasteiger partial charge in [0.05, 0.1) is 4.70 Å². The van der Waals surface area contributed by atoms with Gasteiger partial charge in [0.25, 0.3) is 5.91 Å². The van der Waals surface area contributed by atoms with E-state index in [9.17, 15) is 13.6 Å². The summed E-state index contributed by atoms with van der Waals surface area (Å²) in [6.07, 6.45) is 0.733. The number of carbonyl (C=O) groups is 1. The summed E-state index contributed by atoms with van der Waals surface area (Å²) in [5, 5.41) is 0.375. The molecule has 0 spiro atoms. The summed E-state index contributed by atoms with van der Waals surface area (Å²) in [7, 11) is 3.92. The number of aryl methyl sites for hydroxylation is 1. The molecule has 0 atom stereocenters. The lowest BCUT2D eigenvalue weighted by atomic mass is 10.1. The highest BCUT2D eigenvalue weighted by atomic mass is 32.1. The van der Waals surface area contributed by atoms with E-state index in [1.165, 1.54) is 6.07 Å². The third-order valence-electron chi connectivity index (χ3n) is 4.13. The van der Waals surface area contributed by atoms with Crippen molar-refractivity contribution >= 4 is 32.6 Å². The van der Waals surface area contributed by atoms with Crippen molar-refractivity contribution in [3.05, 3.63) is 59.2 Å². The Kier molecular flexibility index (Phi) is 5.82. The van der Waals surface area contributed by atoms with Crippen molar-refractivity contribution in [2.75, 3.05) is 32.1 Å². The number of aromatic nitrogens is 1. The lowest BCUT2D eigenvalue weighted by Gasteiger charge is -2.21. The Morgan fingerprint density at radius 3 is 2.63 bits per heavy atom. The standard InChI is InChI=1S/C20H21F2N3OS/c1-13-6-4-7-14(10-13)19(26)25(9-5-8-24(2)3)20-23-18-16(22)11-15(21)12-17(18)27-20/h4,6-7,10-12H,5,8-9H2,1-3H3. The topological polar surface area (TPSA) is 36.4 Å². The molecule has 142 valence electrons. The van der Waals surface area contributed by atoms with Crippen LogP contribution in [0.2, 0.25) is 0 Å². The predicted octanol–water partition coefficient (Wildman–Crippen LogP) is 4.48. The third-order valence-corrected chi connectivity index (χ3v) is 5.16. The monoisotopic (exact) mass is 389 g/mol. The fourth-order valence-electron chi connectivity index (χ4n) is 2.82. The van der Waals surface area contributed by atoms with Crippen molar-refractivity contribution < 1.29 is 13.6 Å². The minimum atomic E-state index is -0.719. The van der Waals surface area contributed by atoms with E-state index in [0.29, 0.717) is 21.9 Å². The van der Waals surface area contributed by atoms with Crippen LogP contribution in [0.1, 0.15) is 22.3 Å². The molecule has 0 fully saturated rings. The molecule has 7 heteroatoms. The van der Waals surface area contributed by atoms with Crippen LogP contribution in [0.25, 0.3) is 10.2 Å². The minimum Gasteiger partial charge on any atom is -0.309 e. The first-order chi connectivity index (χ1) is 12.8. The van der Waals surface area contributed by atoms with Crippen molar-refractivity contribution in [1.29, 1.82) is 0 Å². The minimum absolute atomic E-state index is 0.0889. The molecular formula is C20H21F2N3OS. The molecule has 4 nitrogen and oxygen atoms in total. The summed E-state index contributed by atoms with van der Waals surface area (Å²) in [6.45, 7) is 3.16. The first-order valence-electron chi connectivity index (χ1n) is 8.64. The molecule has 0 aliphatic carbocycles. The van der Waals surface area contributed by atoms with Gasteiger partial charge in [-0.2, -0.15) is 0 Å². The molecule has 0 aliphatic rings. The first kappa shape index (κ1) is 19.4. The number of amides is 1. The van der Waals surface area contributed by atoms with Crippen LogP contribution in [0.15, 0.2) is 36.4 Å². The van der Waals surface area contributed by atoms with Gasteiger partial charge in [0.2, 0.25) is 0 Å². The van der Waals surface area contributed by atoms with E-state index < -0.39 is 11.6 Å². The zero-order valence-corrected chi connectivity index (χ0v) is 16.3. The molecule has 0 bridgehead atoms. The molecule has 0 N–H and O–H groups in total. The van der Waals surface area contributed by atoms with Gasteiger partial charge in [-0.3, -0.25) is 9.69 Å². The van der Waals surface area contributed by atoms with Gasteiger partial charge in [0.1, 0.15) is 11.3 Å². The predicted molar refractivity (Wildman–Crippen MR) is 106 cm³/mol. The van der Waals surface area contributed by atoms with Crippen molar-refractivity contribution in [2.24, 2.45) is 0 Å². The number of anilines is 1. The average molecular weight is 389 g/mol. The molecule has 3 aromatic rings. The summed E-state index contributed by atoms with van der Waals surface area (Å²) in [5.41, 5.74) is 1.61. The number of halogens is 2. The van der Waals surface area contributed by atoms with Crippen molar-refractivity contribution in [3.63, 3.8) is 0 Å². The van der Waals surface area contributed by atoms with E-state index in [1.807, 2.05) is 44.1 Å². The normalized spacial score (nSPS) is 11.3. The van der Waals surface area contributed by atoms with Gasteiger partial charge in [0, 0.05) is 18.2 Å². The molecule has 0 radical (unpaired) electrons. The fraction of sp³-hybridized carbons (Fsp3) is 0.300. The van der Waals surface area contributed by atoms with Gasteiger partial charge in [-0.15, -0.1) is 0 Å². The van der Waals surface area contributed by atoms with Crippen LogP contribution in [-0.2, 0) is 0 Å². The molecule has 0 unspecified atom stereocenters. The molecule has 0 saturated carbocycles. The summed E-state index contributed by atoms with van der Waals surface area (Å²) in [4.78, 5) is 21.0. The maximum Gasteiger partial charge on any atom is 0.260 e. The van der Waals surface area contributed by atoms with Crippen LogP contribution in [0.3, 0.4) is 0 Å². The van der Waals surface area contributed by atoms with Crippen LogP contribution in [0.5, 0.6) is 0 Å². The SMILES string of the molecule is Cc1cccc(C(=O)N(CCCN(C)C)c2nc3c(F)cc(F)cc3s2)c1. The van der Waals surface area contributed by atoms with Crippen LogP contribution in [0, 0.1) is 18.6 Å². The zero-order valence-electron chi connectivity index (χ0n) is 15.5. The van der Waals surface area contributed by atoms with Crippen LogP contribution in [0.4, 0.5) is 13.9 Å². The van der Waals surface area contributed by atoms with E-state index in [1.54, 1.807) is 11.0 Å². The number of hydrogen-bond acceptors (Lipinski definition) is 4. The molecule has 1 aromatic heterocycles. The van der Waals surface area contributed by atoms with Crippen molar-refractivity contribution in [1.82, 2.24) is 9.88 Å². The smallest absolute Gasteiger partial charge is 0.260 e. The van der Waals surface area contributed by atoms with Crippen molar-refractivity contribution in [2.45, 2.75) is 13.3 Å². The van der Waals surface area contributed by atoms with Gasteiger partial charge in [-0.1, -0.05) is 29.0 Å². The summed E-state index contributed by atoms with van der Waals surface area (Å²) in [5.74, 6) is -1.57. The fourth-order valence-corrected chi connectivity index (χ4v) is 3.85. The number of carbonyl (C=O) groups excluding carboxylic acids is 1. The van der Waals surface area contributed by atoms with E-state index in [-0.39, 0.29) is 11.4 Å². The lowest BCUT2D eigenvalue weighted by Crippen LogP contribution is -2.33. The third kappa shape index (κ3) is 4.48. The van der Waals surface area contributed by atoms with Gasteiger partial charge >= 0.3 is 0 Å². The molecule has 27 heavy (non-hydrogen) atoms. The van der Waals surface area contributed by atoms with E-state index in [0.717, 1.165) is 35.9 Å². The first-order valence-corrected chi connectivity index (χ1v) is 9.45. The molecule has 0 saturated heterocycles. The van der Waals surface area contributed by atoms with Gasteiger partial charge in [-0.25, -0.2) is 13.8 Å². The highest BCUT2D eigenvalue weighted by molar-refractivity contribution is 7.22. The van der Waals surface area contributed by atoms with E-state index in [2.05, 4.69) is 4.98 Å². The summed E-state index contributed by atoms with van der Waals surface area (Å²) >= 11 is 1.12. The molecule has 2 aromatic carbocycles. The second kappa shape index (κ2) is 8.10. The molecule has 1 amide bonds. The number of rotatable bonds is 6. The van der Waals surface area contributed by atoms with Crippen molar-refractivity contribution in [3.8, 4) is 0 Å². The van der Waals surface area contributed by atoms with Gasteiger partial charge < -0.3 is 4.90 Å². The van der Waals surface area contributed by atoms with Gasteiger partial charge in [-0.05, 0) is 52.2 Å². The maximum atomic E-state index is 14.1. The Morgan fingerprint density at radius 1 is 1.15 bits per heavy atom. The van der Waals surface area contributed by atoms with Crippen LogP contribution < -0.4 is 4.90 Å². The molecular weight excluding hydrogens is 368 g/mol. The Morgan fingerprint density at radius 2 is 1.93 bits per heavy atom. The van der Waals surface area contributed by atoms with Gasteiger partial charge in [0.15, 0.2) is 10.9 Å². The quantitative estimate of drug-likeness (QED) is 0.624. The van der Waals surface area contributed by atoms with Crippen LogP contribution >= 0.6 is 11.3 Å². The number of hydrogen-bond donors (Lipinski definition) is 0. The maximum absolute atomic E-state index is 14.1. The van der Waals surface area contributed by atoms with E-state index >= 15 is 0 Å². The number of benzene rings is 2. The molecule has 1 heterocycles. The molecule has 0 aliphatic heterocycles. The Hall–Kier alpha value is -2.38. The summed E-state index contributed by atoms with van der Waals surface area (Å²) in [6, 6.07) is 9.37. The number of fused-ring (bicyclic) bond motifs is 1. The second-order valence-corrected chi connectivity index (χ2v) is 7.72. The Bertz CT molecular complexity index is 971. The highest BCUT2D eigenvalue weighted by Gasteiger charge is 2.22. The molecule has 3 rings (SSSR count). The van der Waals surface area contributed by atoms with E-state index in [4.69, 9.17) is 0 Å². The lowest BCUT2D eigenvalue weighted by molar-refractivity contribution is 0.0986. The number of nitrogens with zero attached hydrogens (tertiary/aromatic N) is 3. The summed E-state index contributed by atoms with van der Waals surface area (Å²) < 4.78 is 28.0. The Labute approximate surface area is 161 Å². The Balaban J connectivity index is 1.98. The average Bonchev–Trinajstić information content (AvgIpc) is 3.02. The second-order valence-electron chi connectivity index (χ2n) is 6.71. The highest BCUT2D eigenvalue weighted by Crippen LogP contribution is 2.32. The largest absolute Gasteiger partial charge is 0.309 e. The van der Waals surface area contributed by atoms with Crippen LogP contribution in [-0.4, -0.2) is 43.0 Å².